The number of nitrogens with zero attached hydrogens (tertiary/aromatic N) is 2. The zero-order chi connectivity index (χ0) is 14.9. The third kappa shape index (κ3) is 2.56. The molecule has 0 N–H and O–H groups in total. The Kier molecular flexibility index (Phi) is 3.87. The Balaban J connectivity index is 2.47. The van der Waals surface area contributed by atoms with Crippen molar-refractivity contribution in [3.63, 3.8) is 0 Å². The summed E-state index contributed by atoms with van der Waals surface area (Å²) in [4.78, 5) is 21.5. The molecule has 0 atom stereocenters. The minimum atomic E-state index is -3.87. The number of Topliss-reactive ketones (excluding diaryl/α,β-unsaturated/α-hetero) is 1. The molecule has 1 fully saturated rings. The number of benzene rings is 1. The van der Waals surface area contributed by atoms with Gasteiger partial charge in [-0.2, -0.15) is 4.31 Å². The molecule has 108 valence electrons. The third-order valence-corrected chi connectivity index (χ3v) is 5.28. The molecular weight excluding hydrogens is 284 g/mol. The van der Waals surface area contributed by atoms with Gasteiger partial charge < -0.3 is 0 Å². The van der Waals surface area contributed by atoms with Crippen molar-refractivity contribution in [2.45, 2.75) is 24.7 Å². The van der Waals surface area contributed by atoms with Gasteiger partial charge in [0.05, 0.1) is 16.4 Å². The molecule has 1 heterocycles. The maximum Gasteiger partial charge on any atom is 0.273 e. The van der Waals surface area contributed by atoms with E-state index in [1.165, 1.54) is 25.1 Å². The summed E-state index contributed by atoms with van der Waals surface area (Å²) in [5, 5.41) is 10.9. The Morgan fingerprint density at radius 3 is 2.65 bits per heavy atom. The standard InChI is InChI=1S/C12H14N2O5S/c1-9-11(14(16)17)5-2-6-12(9)20(18,19)13-7-3-4-10(15)8-13/h2,5-6H,3-4,7-8H2,1H3. The van der Waals surface area contributed by atoms with E-state index in [-0.39, 0.29) is 35.0 Å². The predicted octanol–water partition coefficient (Wildman–Crippen LogP) is 1.26. The van der Waals surface area contributed by atoms with E-state index >= 15 is 0 Å². The molecule has 2 rings (SSSR count). The molecule has 0 radical (unpaired) electrons. The number of piperidine rings is 1. The fourth-order valence-corrected chi connectivity index (χ4v) is 3.94. The second-order valence-corrected chi connectivity index (χ2v) is 6.54. The Hall–Kier alpha value is -1.80. The van der Waals surface area contributed by atoms with Gasteiger partial charge in [0, 0.05) is 24.6 Å². The molecule has 0 unspecified atom stereocenters. The van der Waals surface area contributed by atoms with Gasteiger partial charge in [0.1, 0.15) is 5.78 Å². The van der Waals surface area contributed by atoms with Gasteiger partial charge >= 0.3 is 0 Å². The molecule has 0 amide bonds. The molecular formula is C12H14N2O5S. The summed E-state index contributed by atoms with van der Waals surface area (Å²) >= 11 is 0. The number of hydrogen-bond donors (Lipinski definition) is 0. The highest BCUT2D eigenvalue weighted by Crippen LogP contribution is 2.28. The highest BCUT2D eigenvalue weighted by Gasteiger charge is 2.32. The summed E-state index contributed by atoms with van der Waals surface area (Å²) in [6, 6.07) is 3.93. The predicted molar refractivity (Wildman–Crippen MR) is 70.8 cm³/mol. The Labute approximate surface area is 116 Å². The first kappa shape index (κ1) is 14.6. The van der Waals surface area contributed by atoms with Crippen LogP contribution in [0.5, 0.6) is 0 Å². The van der Waals surface area contributed by atoms with E-state index in [0.717, 1.165) is 4.31 Å². The number of hydrogen-bond acceptors (Lipinski definition) is 5. The van der Waals surface area contributed by atoms with Crippen LogP contribution in [0.25, 0.3) is 0 Å². The van der Waals surface area contributed by atoms with Crippen molar-refractivity contribution in [3.05, 3.63) is 33.9 Å². The Morgan fingerprint density at radius 2 is 2.05 bits per heavy atom. The number of nitro groups is 1. The molecule has 1 aromatic rings. The molecule has 1 aliphatic rings. The number of sulfonamides is 1. The van der Waals surface area contributed by atoms with Crippen molar-refractivity contribution in [1.82, 2.24) is 4.31 Å². The summed E-state index contributed by atoms with van der Waals surface area (Å²) in [6.07, 6.45) is 0.853. The van der Waals surface area contributed by atoms with Gasteiger partial charge in [-0.05, 0) is 19.4 Å². The van der Waals surface area contributed by atoms with Crippen molar-refractivity contribution in [3.8, 4) is 0 Å². The molecule has 7 nitrogen and oxygen atoms in total. The van der Waals surface area contributed by atoms with Crippen molar-refractivity contribution >= 4 is 21.5 Å². The Bertz CT molecular complexity index is 668. The fourth-order valence-electron chi connectivity index (χ4n) is 2.23. The van der Waals surface area contributed by atoms with Crippen LogP contribution in [0.15, 0.2) is 23.1 Å². The van der Waals surface area contributed by atoms with Gasteiger partial charge in [0.2, 0.25) is 10.0 Å². The normalized spacial score (nSPS) is 17.1. The van der Waals surface area contributed by atoms with Crippen LogP contribution in [0, 0.1) is 17.0 Å². The zero-order valence-corrected chi connectivity index (χ0v) is 11.7. The van der Waals surface area contributed by atoms with Crippen molar-refractivity contribution < 1.29 is 18.1 Å². The summed E-state index contributed by atoms with van der Waals surface area (Å²) in [5.74, 6) is -0.136. The monoisotopic (exact) mass is 298 g/mol. The van der Waals surface area contributed by atoms with Gasteiger partial charge in [-0.15, -0.1) is 0 Å². The summed E-state index contributed by atoms with van der Waals surface area (Å²) in [7, 11) is -3.87. The largest absolute Gasteiger partial charge is 0.298 e. The zero-order valence-electron chi connectivity index (χ0n) is 10.9. The van der Waals surface area contributed by atoms with E-state index in [1.807, 2.05) is 0 Å². The van der Waals surface area contributed by atoms with Crippen LogP contribution >= 0.6 is 0 Å². The minimum Gasteiger partial charge on any atom is -0.298 e. The second kappa shape index (κ2) is 5.29. The average Bonchev–Trinajstić information content (AvgIpc) is 2.38. The first-order chi connectivity index (χ1) is 9.34. The smallest absolute Gasteiger partial charge is 0.273 e. The minimum absolute atomic E-state index is 0.0931. The van der Waals surface area contributed by atoms with Crippen LogP contribution in [-0.4, -0.2) is 36.5 Å². The van der Waals surface area contributed by atoms with Crippen LogP contribution in [0.2, 0.25) is 0 Å². The molecule has 0 spiro atoms. The molecule has 0 aliphatic carbocycles. The van der Waals surface area contributed by atoms with E-state index < -0.39 is 14.9 Å². The third-order valence-electron chi connectivity index (χ3n) is 3.29. The van der Waals surface area contributed by atoms with Gasteiger partial charge in [-0.25, -0.2) is 8.42 Å². The lowest BCUT2D eigenvalue weighted by Gasteiger charge is -2.25. The Morgan fingerprint density at radius 1 is 1.35 bits per heavy atom. The lowest BCUT2D eigenvalue weighted by Crippen LogP contribution is -2.40. The summed E-state index contributed by atoms with van der Waals surface area (Å²) in [5.41, 5.74) is -0.148. The maximum absolute atomic E-state index is 12.5. The molecule has 1 saturated heterocycles. The van der Waals surface area contributed by atoms with E-state index in [4.69, 9.17) is 0 Å². The van der Waals surface area contributed by atoms with Crippen LogP contribution in [0.4, 0.5) is 5.69 Å². The van der Waals surface area contributed by atoms with E-state index in [1.54, 1.807) is 0 Å². The van der Waals surface area contributed by atoms with Gasteiger partial charge in [-0.1, -0.05) is 6.07 Å². The van der Waals surface area contributed by atoms with Gasteiger partial charge in [0.25, 0.3) is 5.69 Å². The first-order valence-electron chi connectivity index (χ1n) is 6.10. The van der Waals surface area contributed by atoms with Crippen LogP contribution < -0.4 is 0 Å². The van der Waals surface area contributed by atoms with Crippen molar-refractivity contribution in [2.24, 2.45) is 0 Å². The van der Waals surface area contributed by atoms with Gasteiger partial charge in [-0.3, -0.25) is 14.9 Å². The number of carbonyl (C=O) groups is 1. The SMILES string of the molecule is Cc1c([N+](=O)[O-])cccc1S(=O)(=O)N1CCCC(=O)C1. The highest BCUT2D eigenvalue weighted by atomic mass is 32.2. The average molecular weight is 298 g/mol. The van der Waals surface area contributed by atoms with Crippen molar-refractivity contribution in [1.29, 1.82) is 0 Å². The number of ketones is 1. The summed E-state index contributed by atoms with van der Waals surface area (Å²) in [6.45, 7) is 1.50. The van der Waals surface area contributed by atoms with Crippen LogP contribution in [0.3, 0.4) is 0 Å². The lowest BCUT2D eigenvalue weighted by molar-refractivity contribution is -0.385. The molecule has 0 bridgehead atoms. The molecule has 0 saturated carbocycles. The quantitative estimate of drug-likeness (QED) is 0.618. The van der Waals surface area contributed by atoms with Crippen molar-refractivity contribution in [2.75, 3.05) is 13.1 Å². The van der Waals surface area contributed by atoms with Gasteiger partial charge in [0.15, 0.2) is 0 Å². The molecule has 8 heteroatoms. The molecule has 1 aliphatic heterocycles. The molecule has 20 heavy (non-hydrogen) atoms. The highest BCUT2D eigenvalue weighted by molar-refractivity contribution is 7.89. The first-order valence-corrected chi connectivity index (χ1v) is 7.54. The molecule has 0 aromatic heterocycles. The summed E-state index contributed by atoms with van der Waals surface area (Å²) < 4.78 is 26.0. The number of carbonyl (C=O) groups excluding carboxylic acids is 1. The topological polar surface area (TPSA) is 97.6 Å². The van der Waals surface area contributed by atoms with Crippen LogP contribution in [-0.2, 0) is 14.8 Å². The number of nitro benzene ring substituents is 1. The number of rotatable bonds is 3. The van der Waals surface area contributed by atoms with Crippen LogP contribution in [0.1, 0.15) is 18.4 Å². The van der Waals surface area contributed by atoms with E-state index in [9.17, 15) is 23.3 Å². The lowest BCUT2D eigenvalue weighted by atomic mass is 10.1. The van der Waals surface area contributed by atoms with E-state index in [2.05, 4.69) is 0 Å². The second-order valence-electron chi connectivity index (χ2n) is 4.64. The van der Waals surface area contributed by atoms with E-state index in [0.29, 0.717) is 12.8 Å². The fraction of sp³-hybridized carbons (Fsp3) is 0.417. The molecule has 1 aromatic carbocycles. The maximum atomic E-state index is 12.5.